The molecular weight excluding hydrogens is 702 g/mol. The van der Waals surface area contributed by atoms with Gasteiger partial charge in [0.1, 0.15) is 5.56 Å². The first kappa shape index (κ1) is 33.6. The van der Waals surface area contributed by atoms with E-state index in [-0.39, 0.29) is 61.1 Å². The average molecular weight is 721 g/mol. The van der Waals surface area contributed by atoms with E-state index in [0.717, 1.165) is 18.2 Å². The number of hydrogen-bond donors (Lipinski definition) is 0. The second-order valence-electron chi connectivity index (χ2n) is 12.5. The van der Waals surface area contributed by atoms with Gasteiger partial charge in [-0.15, -0.1) is 0 Å². The summed E-state index contributed by atoms with van der Waals surface area (Å²) in [7, 11) is 0. The van der Waals surface area contributed by atoms with Crippen LogP contribution in [0.15, 0.2) is 109 Å². The van der Waals surface area contributed by atoms with Crippen LogP contribution in [0.3, 0.4) is 0 Å². The van der Waals surface area contributed by atoms with Crippen LogP contribution in [-0.2, 0) is 12.4 Å². The molecule has 0 N–H and O–H groups in total. The molecule has 0 amide bonds. The van der Waals surface area contributed by atoms with Crippen molar-refractivity contribution in [3.8, 4) is 46.8 Å². The maximum atomic E-state index is 16.2. The van der Waals surface area contributed by atoms with Gasteiger partial charge in [-0.3, -0.25) is 0 Å². The smallest absolute Gasteiger partial charge is 0.309 e. The highest BCUT2D eigenvalue weighted by atomic mass is 19.4. The van der Waals surface area contributed by atoms with Crippen LogP contribution >= 0.6 is 0 Å². The van der Waals surface area contributed by atoms with Gasteiger partial charge in [-0.2, -0.15) is 47.4 Å². The van der Waals surface area contributed by atoms with Crippen LogP contribution in [0.2, 0.25) is 0 Å². The largest absolute Gasteiger partial charge is 0.420 e. The first-order valence-electron chi connectivity index (χ1n) is 16.1. The molecule has 0 aliphatic heterocycles. The lowest BCUT2D eigenvalue weighted by atomic mass is 9.95. The molecule has 0 spiro atoms. The van der Waals surface area contributed by atoms with Crippen molar-refractivity contribution < 1.29 is 26.3 Å². The number of hydrogen-bond acceptors (Lipinski definition) is 4. The fourth-order valence-corrected chi connectivity index (χ4v) is 7.20. The Morgan fingerprint density at radius 3 is 1.26 bits per heavy atom. The van der Waals surface area contributed by atoms with Gasteiger partial charge in [0.05, 0.1) is 85.5 Å². The minimum atomic E-state index is -5.15. The molecule has 0 unspecified atom stereocenters. The van der Waals surface area contributed by atoms with Crippen molar-refractivity contribution >= 4 is 43.6 Å². The van der Waals surface area contributed by atoms with Gasteiger partial charge in [-0.25, -0.2) is 0 Å². The number of rotatable bonds is 3. The van der Waals surface area contributed by atoms with Gasteiger partial charge in [0.2, 0.25) is 0 Å². The van der Waals surface area contributed by atoms with Gasteiger partial charge < -0.3 is 9.13 Å². The highest BCUT2D eigenvalue weighted by Crippen LogP contribution is 2.48. The van der Waals surface area contributed by atoms with Crippen molar-refractivity contribution in [2.75, 3.05) is 0 Å². The molecule has 0 saturated heterocycles. The summed E-state index contributed by atoms with van der Waals surface area (Å²) in [6.07, 6.45) is -9.95. The van der Waals surface area contributed by atoms with Crippen molar-refractivity contribution in [2.24, 2.45) is 0 Å². The van der Waals surface area contributed by atoms with Gasteiger partial charge >= 0.3 is 12.4 Å². The fourth-order valence-electron chi connectivity index (χ4n) is 7.20. The number of fused-ring (bicyclic) bond motifs is 6. The molecule has 0 fully saturated rings. The van der Waals surface area contributed by atoms with Crippen molar-refractivity contribution in [3.05, 3.63) is 143 Å². The topological polar surface area (TPSA) is 105 Å². The van der Waals surface area contributed by atoms with E-state index in [1.54, 1.807) is 0 Å². The van der Waals surface area contributed by atoms with Crippen molar-refractivity contribution in [1.29, 1.82) is 21.0 Å². The Labute approximate surface area is 301 Å². The average Bonchev–Trinajstić information content (AvgIpc) is 3.67. The summed E-state index contributed by atoms with van der Waals surface area (Å²) < 4.78 is 93.3. The van der Waals surface area contributed by atoms with E-state index in [2.05, 4.69) is 0 Å². The summed E-state index contributed by atoms with van der Waals surface area (Å²) in [5.41, 5.74) is -1.62. The molecule has 6 aromatic carbocycles. The Hall–Kier alpha value is -7.54. The minimum absolute atomic E-state index is 0.145. The van der Waals surface area contributed by atoms with E-state index >= 15 is 13.2 Å². The Kier molecular flexibility index (Phi) is 7.48. The van der Waals surface area contributed by atoms with E-state index in [4.69, 9.17) is 0 Å². The van der Waals surface area contributed by atoms with Crippen molar-refractivity contribution in [1.82, 2.24) is 9.13 Å². The molecule has 8 aromatic rings. The Morgan fingerprint density at radius 1 is 0.444 bits per heavy atom. The van der Waals surface area contributed by atoms with Crippen LogP contribution in [0.1, 0.15) is 33.4 Å². The Balaban J connectivity index is 1.61. The minimum Gasteiger partial charge on any atom is -0.309 e. The molecule has 0 saturated carbocycles. The predicted molar refractivity (Wildman–Crippen MR) is 189 cm³/mol. The van der Waals surface area contributed by atoms with Crippen LogP contribution < -0.4 is 0 Å². The molecule has 0 aliphatic rings. The zero-order valence-corrected chi connectivity index (χ0v) is 27.3. The van der Waals surface area contributed by atoms with E-state index in [0.29, 0.717) is 21.5 Å². The number of aromatic nitrogens is 2. The summed E-state index contributed by atoms with van der Waals surface area (Å²) in [5.74, 6) is 0. The molecule has 54 heavy (non-hydrogen) atoms. The molecule has 8 rings (SSSR count). The highest BCUT2D eigenvalue weighted by Gasteiger charge is 2.41. The predicted octanol–water partition coefficient (Wildman–Crippen LogP) is 11.1. The summed E-state index contributed by atoms with van der Waals surface area (Å²) in [5, 5.41) is 40.3. The second kappa shape index (κ2) is 12.0. The number of benzene rings is 6. The van der Waals surface area contributed by atoms with E-state index in [1.807, 2.05) is 24.3 Å². The lowest BCUT2D eigenvalue weighted by molar-refractivity contribution is -0.138. The van der Waals surface area contributed by atoms with Gasteiger partial charge in [0.15, 0.2) is 0 Å². The quantitative estimate of drug-likeness (QED) is 0.169. The van der Waals surface area contributed by atoms with Crippen LogP contribution in [0.25, 0.3) is 66.1 Å². The lowest BCUT2D eigenvalue weighted by Crippen LogP contribution is -2.17. The van der Waals surface area contributed by atoms with Gasteiger partial charge in [0, 0.05) is 27.1 Å². The van der Waals surface area contributed by atoms with Gasteiger partial charge in [-0.05, 0) is 96.6 Å². The lowest BCUT2D eigenvalue weighted by Gasteiger charge is -2.24. The number of alkyl halides is 6. The molecule has 6 nitrogen and oxygen atoms in total. The fraction of sp³-hybridized carbons (Fsp3) is 0.0476. The molecule has 12 heteroatoms. The molecule has 2 heterocycles. The molecule has 0 radical (unpaired) electrons. The van der Waals surface area contributed by atoms with Gasteiger partial charge in [-0.1, -0.05) is 18.2 Å². The number of halogens is 6. The third-order valence-electron chi connectivity index (χ3n) is 9.45. The van der Waals surface area contributed by atoms with Crippen LogP contribution in [0.4, 0.5) is 26.3 Å². The van der Waals surface area contributed by atoms with Gasteiger partial charge in [0.25, 0.3) is 0 Å². The second-order valence-corrected chi connectivity index (χ2v) is 12.5. The van der Waals surface area contributed by atoms with Crippen molar-refractivity contribution in [3.63, 3.8) is 0 Å². The molecule has 2 aromatic heterocycles. The molecule has 0 aliphatic carbocycles. The van der Waals surface area contributed by atoms with Crippen molar-refractivity contribution in [2.45, 2.75) is 12.4 Å². The third kappa shape index (κ3) is 5.17. The maximum absolute atomic E-state index is 16.2. The number of nitrogens with zero attached hydrogens (tertiary/aromatic N) is 6. The van der Waals surface area contributed by atoms with Crippen LogP contribution in [-0.4, -0.2) is 9.13 Å². The Bertz CT molecular complexity index is 2940. The standard InChI is InChI=1S/C42H18F6N6/c43-41(44,45)28-3-1-2-27(18-28)29-8-13-38(53-34-9-4-23(19-49)14-30(34)31-15-24(20-50)5-10-35(31)53)39(42(46,47)48)40(29)54-36-11-6-25(21-51)16-32(36)33-17-26(22-52)7-12-37(33)54/h1-18H. The van der Waals surface area contributed by atoms with E-state index in [9.17, 15) is 34.2 Å². The zero-order valence-electron chi connectivity index (χ0n) is 27.3. The summed E-state index contributed by atoms with van der Waals surface area (Å²) in [6.45, 7) is 0. The highest BCUT2D eigenvalue weighted by molar-refractivity contribution is 6.12. The van der Waals surface area contributed by atoms with Crippen LogP contribution in [0, 0.1) is 45.3 Å². The monoisotopic (exact) mass is 720 g/mol. The molecule has 0 bridgehead atoms. The number of nitriles is 4. The summed E-state index contributed by atoms with van der Waals surface area (Å²) in [6, 6.07) is 32.5. The Morgan fingerprint density at radius 2 is 0.870 bits per heavy atom. The SMILES string of the molecule is N#Cc1ccc2c(c1)c1cc(C#N)ccc1n2-c1ccc(-c2cccc(C(F)(F)F)c2)c(-n2c3ccc(C#N)cc3c3cc(C#N)ccc32)c1C(F)(F)F. The summed E-state index contributed by atoms with van der Waals surface area (Å²) >= 11 is 0. The van der Waals surface area contributed by atoms with E-state index in [1.165, 1.54) is 100 Å². The summed E-state index contributed by atoms with van der Waals surface area (Å²) in [4.78, 5) is 0. The molecular formula is C42H18F6N6. The van der Waals surface area contributed by atoms with Crippen LogP contribution in [0.5, 0.6) is 0 Å². The molecule has 258 valence electrons. The van der Waals surface area contributed by atoms with E-state index < -0.39 is 29.2 Å². The molecule has 0 atom stereocenters. The first-order valence-corrected chi connectivity index (χ1v) is 16.1. The first-order chi connectivity index (χ1) is 25.9. The maximum Gasteiger partial charge on any atom is 0.420 e. The zero-order chi connectivity index (χ0) is 38.1. The third-order valence-corrected chi connectivity index (χ3v) is 9.45. The normalized spacial score (nSPS) is 11.8.